The van der Waals surface area contributed by atoms with Crippen molar-refractivity contribution in [3.63, 3.8) is 0 Å². The number of nitrogens with zero attached hydrogens (tertiary/aromatic N) is 1. The summed E-state index contributed by atoms with van der Waals surface area (Å²) in [5.41, 5.74) is 0.504. The van der Waals surface area contributed by atoms with Crippen LogP contribution in [0.1, 0.15) is 69.2 Å². The average Bonchev–Trinajstić information content (AvgIpc) is 2.84. The Balaban J connectivity index is 1.65. The van der Waals surface area contributed by atoms with E-state index in [2.05, 4.69) is 6.92 Å². The van der Waals surface area contributed by atoms with E-state index in [1.165, 1.54) is 0 Å². The van der Waals surface area contributed by atoms with Crippen LogP contribution in [-0.4, -0.2) is 61.4 Å². The lowest BCUT2D eigenvalue weighted by Gasteiger charge is -2.30. The Morgan fingerprint density at radius 2 is 1.64 bits per heavy atom. The minimum absolute atomic E-state index is 0.00859. The lowest BCUT2D eigenvalue weighted by molar-refractivity contribution is -0.154. The van der Waals surface area contributed by atoms with Gasteiger partial charge in [0.15, 0.2) is 12.4 Å². The maximum Gasteiger partial charge on any atom is 0.309 e. The maximum atomic E-state index is 12.3. The highest BCUT2D eigenvalue weighted by Gasteiger charge is 2.28. The van der Waals surface area contributed by atoms with Crippen LogP contribution in [0.3, 0.4) is 0 Å². The fourth-order valence-corrected chi connectivity index (χ4v) is 3.57. The fourth-order valence-electron chi connectivity index (χ4n) is 3.57. The minimum atomic E-state index is -0.589. The molecule has 1 heterocycles. The number of amides is 1. The van der Waals surface area contributed by atoms with Gasteiger partial charge in [-0.3, -0.25) is 19.2 Å². The third-order valence-electron chi connectivity index (χ3n) is 5.57. The van der Waals surface area contributed by atoms with Gasteiger partial charge in [-0.2, -0.15) is 0 Å². The predicted octanol–water partition coefficient (Wildman–Crippen LogP) is 3.56. The third kappa shape index (κ3) is 9.24. The summed E-state index contributed by atoms with van der Waals surface area (Å²) >= 11 is 0. The third-order valence-corrected chi connectivity index (χ3v) is 5.57. The molecule has 0 atom stereocenters. The van der Waals surface area contributed by atoms with Crippen molar-refractivity contribution in [1.29, 1.82) is 0 Å². The van der Waals surface area contributed by atoms with Gasteiger partial charge in [0, 0.05) is 25.1 Å². The van der Waals surface area contributed by atoms with E-state index in [1.807, 2.05) is 0 Å². The number of benzene rings is 1. The van der Waals surface area contributed by atoms with Crippen LogP contribution in [-0.2, 0) is 23.9 Å². The van der Waals surface area contributed by atoms with Crippen molar-refractivity contribution < 1.29 is 33.4 Å². The molecular weight excluding hydrogens is 426 g/mol. The number of likely N-dealkylation sites (tertiary alicyclic amines) is 1. The molecular formula is C25H35NO7. The topological polar surface area (TPSA) is 99.2 Å². The molecule has 0 unspecified atom stereocenters. The number of hydrogen-bond donors (Lipinski definition) is 0. The van der Waals surface area contributed by atoms with E-state index in [0.29, 0.717) is 50.5 Å². The summed E-state index contributed by atoms with van der Waals surface area (Å²) < 4.78 is 15.7. The molecule has 1 aromatic carbocycles. The Kier molecular flexibility index (Phi) is 11.4. The molecule has 0 saturated carbocycles. The number of rotatable bonds is 13. The Morgan fingerprint density at radius 3 is 2.27 bits per heavy atom. The van der Waals surface area contributed by atoms with Crippen molar-refractivity contribution in [2.75, 3.05) is 32.9 Å². The molecule has 8 nitrogen and oxygen atoms in total. The number of ether oxygens (including phenoxy) is 3. The number of carbonyl (C=O) groups excluding carboxylic acids is 4. The molecule has 0 spiro atoms. The number of hydrogen-bond acceptors (Lipinski definition) is 7. The highest BCUT2D eigenvalue weighted by atomic mass is 16.5. The number of ketones is 1. The van der Waals surface area contributed by atoms with Gasteiger partial charge in [0.05, 0.1) is 25.6 Å². The van der Waals surface area contributed by atoms with Crippen molar-refractivity contribution >= 4 is 23.6 Å². The van der Waals surface area contributed by atoms with Crippen molar-refractivity contribution in [2.24, 2.45) is 5.92 Å². The number of esters is 2. The van der Waals surface area contributed by atoms with E-state index in [0.717, 1.165) is 19.3 Å². The molecule has 1 amide bonds. The summed E-state index contributed by atoms with van der Waals surface area (Å²) in [5.74, 6) is -0.761. The first-order valence-electron chi connectivity index (χ1n) is 11.8. The fraction of sp³-hybridized carbons (Fsp3) is 0.600. The summed E-state index contributed by atoms with van der Waals surface area (Å²) in [6.07, 6.45) is 4.23. The normalized spacial score (nSPS) is 13.9. The first-order valence-corrected chi connectivity index (χ1v) is 11.8. The first kappa shape index (κ1) is 26.4. The van der Waals surface area contributed by atoms with Gasteiger partial charge in [0.25, 0.3) is 5.91 Å². The zero-order valence-corrected chi connectivity index (χ0v) is 19.7. The second-order valence-electron chi connectivity index (χ2n) is 8.07. The van der Waals surface area contributed by atoms with E-state index in [1.54, 1.807) is 36.1 Å². The van der Waals surface area contributed by atoms with Crippen molar-refractivity contribution in [1.82, 2.24) is 4.90 Å². The number of unbranched alkanes of at least 4 members (excludes halogenated alkanes) is 2. The quantitative estimate of drug-likeness (QED) is 0.252. The van der Waals surface area contributed by atoms with E-state index < -0.39 is 5.97 Å². The number of carbonyl (C=O) groups is 4. The second-order valence-corrected chi connectivity index (χ2v) is 8.07. The van der Waals surface area contributed by atoms with Crippen LogP contribution in [0, 0.1) is 5.92 Å². The van der Waals surface area contributed by atoms with Gasteiger partial charge >= 0.3 is 11.9 Å². The zero-order valence-electron chi connectivity index (χ0n) is 19.7. The van der Waals surface area contributed by atoms with Gasteiger partial charge in [-0.25, -0.2) is 0 Å². The van der Waals surface area contributed by atoms with Crippen LogP contribution in [0.4, 0.5) is 0 Å². The zero-order chi connectivity index (χ0) is 24.1. The van der Waals surface area contributed by atoms with Gasteiger partial charge in [0.1, 0.15) is 5.75 Å². The van der Waals surface area contributed by atoms with Crippen LogP contribution in [0.2, 0.25) is 0 Å². The Morgan fingerprint density at radius 1 is 0.939 bits per heavy atom. The van der Waals surface area contributed by atoms with E-state index in [-0.39, 0.29) is 43.0 Å². The lowest BCUT2D eigenvalue weighted by Crippen LogP contribution is -2.42. The summed E-state index contributed by atoms with van der Waals surface area (Å²) in [4.78, 5) is 49.9. The Bertz CT molecular complexity index is 782. The lowest BCUT2D eigenvalue weighted by atomic mass is 9.97. The minimum Gasteiger partial charge on any atom is -0.494 e. The van der Waals surface area contributed by atoms with Crippen LogP contribution in [0.25, 0.3) is 0 Å². The molecule has 33 heavy (non-hydrogen) atoms. The largest absolute Gasteiger partial charge is 0.494 e. The molecule has 0 bridgehead atoms. The van der Waals surface area contributed by atoms with Gasteiger partial charge in [0.2, 0.25) is 0 Å². The molecule has 182 valence electrons. The van der Waals surface area contributed by atoms with E-state index >= 15 is 0 Å². The maximum absolute atomic E-state index is 12.3. The molecule has 0 radical (unpaired) electrons. The molecule has 1 aromatic rings. The summed E-state index contributed by atoms with van der Waals surface area (Å²) in [6, 6.07) is 6.88. The highest BCUT2D eigenvalue weighted by molar-refractivity contribution is 5.97. The monoisotopic (exact) mass is 461 g/mol. The van der Waals surface area contributed by atoms with Gasteiger partial charge in [-0.05, 0) is 50.5 Å². The summed E-state index contributed by atoms with van der Waals surface area (Å²) in [5, 5.41) is 0. The Hall–Kier alpha value is -2.90. The van der Waals surface area contributed by atoms with Gasteiger partial charge in [-0.15, -0.1) is 0 Å². The molecule has 1 fully saturated rings. The molecule has 1 saturated heterocycles. The molecule has 0 aromatic heterocycles. The molecule has 0 N–H and O–H groups in total. The molecule has 2 rings (SSSR count). The number of Topliss-reactive ketones (excluding diaryl/α,β-unsaturated/α-hetero) is 1. The first-order chi connectivity index (χ1) is 15.9. The van der Waals surface area contributed by atoms with Gasteiger partial charge in [-0.1, -0.05) is 19.8 Å². The van der Waals surface area contributed by atoms with Crippen LogP contribution in [0.5, 0.6) is 5.75 Å². The molecule has 1 aliphatic heterocycles. The smallest absolute Gasteiger partial charge is 0.309 e. The van der Waals surface area contributed by atoms with Crippen LogP contribution in [0.15, 0.2) is 24.3 Å². The summed E-state index contributed by atoms with van der Waals surface area (Å²) in [7, 11) is 0. The molecule has 8 heteroatoms. The van der Waals surface area contributed by atoms with Crippen LogP contribution >= 0.6 is 0 Å². The van der Waals surface area contributed by atoms with E-state index in [4.69, 9.17) is 14.2 Å². The van der Waals surface area contributed by atoms with Crippen molar-refractivity contribution in [2.45, 2.75) is 58.8 Å². The van der Waals surface area contributed by atoms with Crippen molar-refractivity contribution in [3.05, 3.63) is 29.8 Å². The second kappa shape index (κ2) is 14.3. The van der Waals surface area contributed by atoms with Crippen LogP contribution < -0.4 is 4.74 Å². The standard InChI is InChI=1S/C25H35NO7/c1-3-5-6-17-32-21-9-7-19(8-10-21)22(27)11-12-24(29)33-18-23(28)26-15-13-20(14-16-26)25(30)31-4-2/h7-10,20H,3-6,11-18H2,1-2H3. The molecule has 0 aliphatic carbocycles. The highest BCUT2D eigenvalue weighted by Crippen LogP contribution is 2.19. The Labute approximate surface area is 195 Å². The van der Waals surface area contributed by atoms with Crippen molar-refractivity contribution in [3.8, 4) is 5.75 Å². The predicted molar refractivity (Wildman–Crippen MR) is 122 cm³/mol. The van der Waals surface area contributed by atoms with Gasteiger partial charge < -0.3 is 19.1 Å². The van der Waals surface area contributed by atoms with E-state index in [9.17, 15) is 19.2 Å². The number of piperidine rings is 1. The molecule has 1 aliphatic rings. The summed E-state index contributed by atoms with van der Waals surface area (Å²) in [6.45, 7) is 5.38. The average molecular weight is 462 g/mol. The SMILES string of the molecule is CCCCCOc1ccc(C(=O)CCC(=O)OCC(=O)N2CCC(C(=O)OCC)CC2)cc1.